The standard InChI is InChI=1S/C23H24ClN3O5/c1-32-18-11-12-19(20(24)14-18)22(28)26-21(23(29)25-16-5-3-2-4-6-16)13-15-7-9-17(10-8-15)27(30)31/h7-14,16H,2-6H2,1H3,(H,25,29)(H,26,28). The summed E-state index contributed by atoms with van der Waals surface area (Å²) in [6, 6.07) is 10.4. The van der Waals surface area contributed by atoms with Gasteiger partial charge in [0.25, 0.3) is 17.5 Å². The molecule has 1 fully saturated rings. The summed E-state index contributed by atoms with van der Waals surface area (Å²) in [4.78, 5) is 36.2. The van der Waals surface area contributed by atoms with Crippen LogP contribution in [-0.4, -0.2) is 29.9 Å². The SMILES string of the molecule is COc1ccc(C(=O)NC(=Cc2ccc([N+](=O)[O-])cc2)C(=O)NC2CCCCC2)c(Cl)c1. The van der Waals surface area contributed by atoms with Crippen molar-refractivity contribution in [1.82, 2.24) is 10.6 Å². The molecule has 32 heavy (non-hydrogen) atoms. The predicted molar refractivity (Wildman–Crippen MR) is 122 cm³/mol. The number of hydrogen-bond acceptors (Lipinski definition) is 5. The molecule has 1 saturated carbocycles. The van der Waals surface area contributed by atoms with Crippen molar-refractivity contribution < 1.29 is 19.2 Å². The van der Waals surface area contributed by atoms with Gasteiger partial charge in [0.2, 0.25) is 0 Å². The second-order valence-electron chi connectivity index (χ2n) is 7.51. The normalized spacial score (nSPS) is 14.5. The molecule has 0 heterocycles. The van der Waals surface area contributed by atoms with Crippen LogP contribution in [0, 0.1) is 10.1 Å². The summed E-state index contributed by atoms with van der Waals surface area (Å²) in [5, 5.41) is 16.7. The number of carbonyl (C=O) groups excluding carboxylic acids is 2. The predicted octanol–water partition coefficient (Wildman–Crippen LogP) is 4.48. The van der Waals surface area contributed by atoms with Crippen LogP contribution in [0.5, 0.6) is 5.75 Å². The Balaban J connectivity index is 1.85. The Labute approximate surface area is 190 Å². The van der Waals surface area contributed by atoms with Crippen molar-refractivity contribution in [2.75, 3.05) is 7.11 Å². The van der Waals surface area contributed by atoms with E-state index in [4.69, 9.17) is 16.3 Å². The van der Waals surface area contributed by atoms with Crippen LogP contribution in [0.1, 0.15) is 48.0 Å². The second kappa shape index (κ2) is 10.8. The first-order valence-corrected chi connectivity index (χ1v) is 10.7. The van der Waals surface area contributed by atoms with Crippen molar-refractivity contribution in [3.8, 4) is 5.75 Å². The van der Waals surface area contributed by atoms with Gasteiger partial charge >= 0.3 is 0 Å². The average Bonchev–Trinajstić information content (AvgIpc) is 2.79. The van der Waals surface area contributed by atoms with Crippen molar-refractivity contribution in [2.24, 2.45) is 0 Å². The Morgan fingerprint density at radius 1 is 1.12 bits per heavy atom. The van der Waals surface area contributed by atoms with Crippen LogP contribution in [0.25, 0.3) is 6.08 Å². The van der Waals surface area contributed by atoms with E-state index in [2.05, 4.69) is 10.6 Å². The van der Waals surface area contributed by atoms with Gasteiger partial charge in [0.1, 0.15) is 11.4 Å². The summed E-state index contributed by atoms with van der Waals surface area (Å²) in [5.41, 5.74) is 0.684. The van der Waals surface area contributed by atoms with E-state index in [9.17, 15) is 19.7 Å². The van der Waals surface area contributed by atoms with Gasteiger partial charge in [0.05, 0.1) is 22.6 Å². The van der Waals surface area contributed by atoms with Crippen molar-refractivity contribution in [2.45, 2.75) is 38.1 Å². The number of amides is 2. The Morgan fingerprint density at radius 2 is 1.81 bits per heavy atom. The number of nitrogens with one attached hydrogen (secondary N) is 2. The lowest BCUT2D eigenvalue weighted by Crippen LogP contribution is -2.41. The highest BCUT2D eigenvalue weighted by molar-refractivity contribution is 6.34. The van der Waals surface area contributed by atoms with Crippen LogP contribution in [-0.2, 0) is 4.79 Å². The maximum Gasteiger partial charge on any atom is 0.269 e. The van der Waals surface area contributed by atoms with E-state index >= 15 is 0 Å². The molecule has 3 rings (SSSR count). The van der Waals surface area contributed by atoms with Crippen LogP contribution >= 0.6 is 11.6 Å². The number of non-ortho nitro benzene ring substituents is 1. The van der Waals surface area contributed by atoms with Gasteiger partial charge in [-0.25, -0.2) is 0 Å². The van der Waals surface area contributed by atoms with Crippen LogP contribution in [0.2, 0.25) is 5.02 Å². The van der Waals surface area contributed by atoms with Gasteiger partial charge in [0, 0.05) is 18.2 Å². The first-order valence-electron chi connectivity index (χ1n) is 10.3. The first kappa shape index (κ1) is 23.3. The molecule has 0 aromatic heterocycles. The van der Waals surface area contributed by atoms with Gasteiger partial charge in [0.15, 0.2) is 0 Å². The third-order valence-corrected chi connectivity index (χ3v) is 5.58. The van der Waals surface area contributed by atoms with Crippen molar-refractivity contribution in [1.29, 1.82) is 0 Å². The minimum atomic E-state index is -0.551. The molecule has 0 spiro atoms. The van der Waals surface area contributed by atoms with Crippen molar-refractivity contribution in [3.63, 3.8) is 0 Å². The summed E-state index contributed by atoms with van der Waals surface area (Å²) in [6.07, 6.45) is 6.48. The summed E-state index contributed by atoms with van der Waals surface area (Å²) >= 11 is 6.20. The maximum absolute atomic E-state index is 13.0. The largest absolute Gasteiger partial charge is 0.497 e. The van der Waals surface area contributed by atoms with Crippen LogP contribution < -0.4 is 15.4 Å². The summed E-state index contributed by atoms with van der Waals surface area (Å²) in [6.45, 7) is 0. The molecule has 0 aliphatic heterocycles. The molecule has 1 aliphatic rings. The smallest absolute Gasteiger partial charge is 0.269 e. The molecule has 2 aromatic carbocycles. The van der Waals surface area contributed by atoms with E-state index in [0.29, 0.717) is 11.3 Å². The number of nitro groups is 1. The molecule has 2 aromatic rings. The Morgan fingerprint density at radius 3 is 2.41 bits per heavy atom. The Hall–Kier alpha value is -3.39. The molecular weight excluding hydrogens is 434 g/mol. The van der Waals surface area contributed by atoms with Crippen LogP contribution in [0.15, 0.2) is 48.2 Å². The molecule has 1 aliphatic carbocycles. The lowest BCUT2D eigenvalue weighted by atomic mass is 9.95. The lowest BCUT2D eigenvalue weighted by molar-refractivity contribution is -0.384. The quantitative estimate of drug-likeness (QED) is 0.362. The van der Waals surface area contributed by atoms with E-state index in [1.54, 1.807) is 6.07 Å². The number of benzene rings is 2. The van der Waals surface area contributed by atoms with Gasteiger partial charge in [-0.1, -0.05) is 30.9 Å². The van der Waals surface area contributed by atoms with E-state index in [1.165, 1.54) is 49.6 Å². The van der Waals surface area contributed by atoms with Gasteiger partial charge < -0.3 is 15.4 Å². The highest BCUT2D eigenvalue weighted by atomic mass is 35.5. The molecule has 0 unspecified atom stereocenters. The fraction of sp³-hybridized carbons (Fsp3) is 0.304. The van der Waals surface area contributed by atoms with Gasteiger partial charge in [-0.05, 0) is 54.8 Å². The number of nitro benzene ring substituents is 1. The minimum absolute atomic E-state index is 0.0290. The number of methoxy groups -OCH3 is 1. The molecule has 2 amide bonds. The third kappa shape index (κ3) is 6.07. The molecule has 8 nitrogen and oxygen atoms in total. The maximum atomic E-state index is 13.0. The molecule has 0 bridgehead atoms. The zero-order valence-corrected chi connectivity index (χ0v) is 18.4. The zero-order valence-electron chi connectivity index (χ0n) is 17.6. The zero-order chi connectivity index (χ0) is 23.1. The van der Waals surface area contributed by atoms with E-state index in [-0.39, 0.29) is 28.0 Å². The van der Waals surface area contributed by atoms with E-state index in [0.717, 1.165) is 32.1 Å². The molecular formula is C23H24ClN3O5. The van der Waals surface area contributed by atoms with Crippen molar-refractivity contribution >= 4 is 35.2 Å². The van der Waals surface area contributed by atoms with E-state index < -0.39 is 16.7 Å². The topological polar surface area (TPSA) is 111 Å². The molecule has 168 valence electrons. The molecule has 9 heteroatoms. The molecule has 0 saturated heterocycles. The summed E-state index contributed by atoms with van der Waals surface area (Å²) in [7, 11) is 1.49. The molecule has 2 N–H and O–H groups in total. The number of carbonyl (C=O) groups is 2. The second-order valence-corrected chi connectivity index (χ2v) is 7.92. The molecule has 0 atom stereocenters. The lowest BCUT2D eigenvalue weighted by Gasteiger charge is -2.23. The fourth-order valence-electron chi connectivity index (χ4n) is 3.52. The van der Waals surface area contributed by atoms with Crippen LogP contribution in [0.4, 0.5) is 5.69 Å². The van der Waals surface area contributed by atoms with Gasteiger partial charge in [-0.15, -0.1) is 0 Å². The molecule has 0 radical (unpaired) electrons. The number of ether oxygens (including phenoxy) is 1. The fourth-order valence-corrected chi connectivity index (χ4v) is 3.78. The number of hydrogen-bond donors (Lipinski definition) is 2. The highest BCUT2D eigenvalue weighted by Crippen LogP contribution is 2.23. The minimum Gasteiger partial charge on any atom is -0.497 e. The Kier molecular flexibility index (Phi) is 7.83. The average molecular weight is 458 g/mol. The number of nitrogens with zero attached hydrogens (tertiary/aromatic N) is 1. The summed E-state index contributed by atoms with van der Waals surface area (Å²) < 4.78 is 5.10. The van der Waals surface area contributed by atoms with E-state index in [1.807, 2.05) is 0 Å². The van der Waals surface area contributed by atoms with Gasteiger partial charge in [-0.3, -0.25) is 19.7 Å². The highest BCUT2D eigenvalue weighted by Gasteiger charge is 2.21. The number of rotatable bonds is 7. The monoisotopic (exact) mass is 457 g/mol. The summed E-state index contributed by atoms with van der Waals surface area (Å²) in [5.74, 6) is -0.471. The van der Waals surface area contributed by atoms with Crippen LogP contribution in [0.3, 0.4) is 0 Å². The number of halogens is 1. The Bertz CT molecular complexity index is 1030. The van der Waals surface area contributed by atoms with Gasteiger partial charge in [-0.2, -0.15) is 0 Å². The third-order valence-electron chi connectivity index (χ3n) is 5.27. The van der Waals surface area contributed by atoms with Crippen molar-refractivity contribution in [3.05, 3.63) is 74.4 Å². The first-order chi connectivity index (χ1) is 15.4.